The van der Waals surface area contributed by atoms with E-state index in [0.29, 0.717) is 5.82 Å². The van der Waals surface area contributed by atoms with E-state index in [9.17, 15) is 0 Å². The largest absolute Gasteiger partial charge is 0.309 e. The zero-order valence-electron chi connectivity index (χ0n) is 50.9. The van der Waals surface area contributed by atoms with Crippen molar-refractivity contribution < 1.29 is 0 Å². The summed E-state index contributed by atoms with van der Waals surface area (Å²) in [5, 5.41) is 15.3. The zero-order chi connectivity index (χ0) is 61.5. The van der Waals surface area contributed by atoms with E-state index >= 15 is 0 Å². The van der Waals surface area contributed by atoms with Gasteiger partial charge in [0.25, 0.3) is 0 Å². The van der Waals surface area contributed by atoms with Crippen molar-refractivity contribution in [3.05, 3.63) is 328 Å². The first-order chi connectivity index (χ1) is 46.6. The Balaban J connectivity index is 0.687. The second-order valence-electron chi connectivity index (χ2n) is 24.9. The van der Waals surface area contributed by atoms with Crippen LogP contribution in [-0.4, -0.2) is 28.2 Å². The van der Waals surface area contributed by atoms with Gasteiger partial charge in [0, 0.05) is 87.7 Å². The first-order valence-electron chi connectivity index (χ1n) is 32.2. The van der Waals surface area contributed by atoms with Crippen LogP contribution in [0, 0.1) is 0 Å². The third-order valence-electron chi connectivity index (χ3n) is 19.7. The molecule has 0 N–H and O–H groups in total. The van der Waals surface area contributed by atoms with Gasteiger partial charge in [-0.25, -0.2) is 9.97 Å². The summed E-state index contributed by atoms with van der Waals surface area (Å²) in [6.07, 6.45) is 0. The molecule has 0 aliphatic carbocycles. The fourth-order valence-corrected chi connectivity index (χ4v) is 15.4. The Morgan fingerprint density at radius 1 is 0.181 bits per heavy atom. The molecule has 436 valence electrons. The summed E-state index contributed by atoms with van der Waals surface area (Å²) in [5.41, 5.74) is 22.4. The summed E-state index contributed by atoms with van der Waals surface area (Å²) in [5.74, 6) is 0.677. The molecule has 0 unspecified atom stereocenters. The average molecular weight is 1200 g/mol. The second-order valence-corrected chi connectivity index (χ2v) is 24.9. The Morgan fingerprint density at radius 2 is 0.564 bits per heavy atom. The van der Waals surface area contributed by atoms with Gasteiger partial charge in [0.15, 0.2) is 5.82 Å². The van der Waals surface area contributed by atoms with Crippen LogP contribution in [0.1, 0.15) is 0 Å². The molecule has 0 saturated heterocycles. The highest BCUT2D eigenvalue weighted by Crippen LogP contribution is 2.43. The van der Waals surface area contributed by atoms with Crippen LogP contribution in [0.4, 0.5) is 0 Å². The molecule has 0 saturated carbocycles. The van der Waals surface area contributed by atoms with Gasteiger partial charge in [-0.15, -0.1) is 0 Å². The van der Waals surface area contributed by atoms with Crippen LogP contribution in [0.2, 0.25) is 0 Å². The topological polar surface area (TPSA) is 45.5 Å². The highest BCUT2D eigenvalue weighted by atomic mass is 15.0. The van der Waals surface area contributed by atoms with Gasteiger partial charge in [0.05, 0.1) is 55.3 Å². The van der Waals surface area contributed by atoms with E-state index in [4.69, 9.17) is 9.97 Å². The minimum absolute atomic E-state index is 0.677. The Kier molecular flexibility index (Phi) is 11.3. The van der Waals surface area contributed by atoms with Crippen molar-refractivity contribution in [3.8, 4) is 67.6 Å². The van der Waals surface area contributed by atoms with Crippen molar-refractivity contribution in [2.75, 3.05) is 0 Å². The quantitative estimate of drug-likeness (QED) is 0.142. The molecular weight excluding hydrogens is 1140 g/mol. The van der Waals surface area contributed by atoms with E-state index in [1.54, 1.807) is 0 Å². The molecule has 0 atom stereocenters. The van der Waals surface area contributed by atoms with Gasteiger partial charge in [-0.3, -0.25) is 0 Å². The van der Waals surface area contributed by atoms with E-state index in [0.717, 1.165) is 94.1 Å². The van der Waals surface area contributed by atoms with Crippen LogP contribution >= 0.6 is 0 Å². The lowest BCUT2D eigenvalue weighted by atomic mass is 10.00. The summed E-state index contributed by atoms with van der Waals surface area (Å²) in [7, 11) is 0. The lowest BCUT2D eigenvalue weighted by Gasteiger charge is -2.14. The van der Waals surface area contributed by atoms with Crippen LogP contribution in [0.25, 0.3) is 187 Å². The highest BCUT2D eigenvalue weighted by Gasteiger charge is 2.22. The predicted octanol–water partition coefficient (Wildman–Crippen LogP) is 23.0. The van der Waals surface area contributed by atoms with Crippen LogP contribution in [0.3, 0.4) is 0 Å². The molecule has 0 fully saturated rings. The molecule has 0 radical (unpaired) electrons. The number of nitrogens with zero attached hydrogens (tertiary/aromatic N) is 6. The van der Waals surface area contributed by atoms with E-state index < -0.39 is 0 Å². The molecule has 5 heterocycles. The summed E-state index contributed by atoms with van der Waals surface area (Å²) >= 11 is 0. The molecule has 20 aromatic rings. The number of fused-ring (bicyclic) bond motifs is 16. The molecule has 5 aromatic heterocycles. The SMILES string of the molecule is c1ccc(-n2c3ccccc3c3cc(-c4ccc5c(c4)c4ccccc4n5-c4cccc(-c5nc(-c6ccc7ccc(-n8c9ccccc9c9cc(-c%10ccc%11c(c%10)c%10ccccc%10n%11-c%10ccccc%10)ccc98)cc7c6)nc6c5ccc5ccccc56)c4)ccc32)cc1. The zero-order valence-corrected chi connectivity index (χ0v) is 50.9. The number of rotatable bonds is 8. The molecule has 0 amide bonds. The Labute approximate surface area is 540 Å². The third kappa shape index (κ3) is 7.96. The summed E-state index contributed by atoms with van der Waals surface area (Å²) in [4.78, 5) is 11.1. The first kappa shape index (κ1) is 52.2. The molecule has 20 rings (SSSR count). The van der Waals surface area contributed by atoms with Gasteiger partial charge in [-0.2, -0.15) is 0 Å². The van der Waals surface area contributed by atoms with Crippen molar-refractivity contribution in [2.45, 2.75) is 0 Å². The Bertz CT molecular complexity index is 6540. The van der Waals surface area contributed by atoms with E-state index in [-0.39, 0.29) is 0 Å². The van der Waals surface area contributed by atoms with Crippen LogP contribution < -0.4 is 0 Å². The monoisotopic (exact) mass is 1190 g/mol. The van der Waals surface area contributed by atoms with Gasteiger partial charge in [0.2, 0.25) is 0 Å². The predicted molar refractivity (Wildman–Crippen MR) is 394 cm³/mol. The first-order valence-corrected chi connectivity index (χ1v) is 32.2. The summed E-state index contributed by atoms with van der Waals surface area (Å²) in [6, 6.07) is 120. The highest BCUT2D eigenvalue weighted by molar-refractivity contribution is 6.16. The molecule has 0 spiro atoms. The minimum Gasteiger partial charge on any atom is -0.309 e. The number of aromatic nitrogens is 6. The molecule has 15 aromatic carbocycles. The van der Waals surface area contributed by atoms with E-state index in [1.807, 2.05) is 0 Å². The van der Waals surface area contributed by atoms with E-state index in [2.05, 4.69) is 346 Å². The number of para-hydroxylation sites is 6. The maximum Gasteiger partial charge on any atom is 0.160 e. The second kappa shape index (κ2) is 20.4. The van der Waals surface area contributed by atoms with Gasteiger partial charge in [0.1, 0.15) is 0 Å². The minimum atomic E-state index is 0.677. The van der Waals surface area contributed by atoms with Crippen molar-refractivity contribution in [1.29, 1.82) is 0 Å². The summed E-state index contributed by atoms with van der Waals surface area (Å²) in [6.45, 7) is 0. The third-order valence-corrected chi connectivity index (χ3v) is 19.7. The lowest BCUT2D eigenvalue weighted by molar-refractivity contribution is 1.18. The van der Waals surface area contributed by atoms with E-state index in [1.165, 1.54) is 87.4 Å². The van der Waals surface area contributed by atoms with Gasteiger partial charge >= 0.3 is 0 Å². The Morgan fingerprint density at radius 3 is 1.06 bits per heavy atom. The van der Waals surface area contributed by atoms with Gasteiger partial charge in [-0.05, 0) is 172 Å². The standard InChI is InChI=1S/C88H54N6/c1-3-20-64(21-4-1)91-78-30-13-9-26-69(78)74-51-57(38-44-82(74)91)59-40-46-84-76(53-59)71-28-11-15-32-80(71)93(84)66-24-17-19-61(49-66)86-73-43-37-56-18-7-8-25-68(56)87(73)90-88(89-86)62-35-34-55-36-42-67(50-63(55)48-62)94-81-33-16-12-29-72(81)77-54-60(41-47-85(77)94)58-39-45-83-75(52-58)70-27-10-14-31-79(70)92(83)65-22-5-2-6-23-65/h1-54H. The maximum absolute atomic E-state index is 5.61. The molecule has 0 aliphatic rings. The van der Waals surface area contributed by atoms with Crippen molar-refractivity contribution in [3.63, 3.8) is 0 Å². The number of hydrogen-bond acceptors (Lipinski definition) is 2. The molecular formula is C88H54N6. The lowest BCUT2D eigenvalue weighted by Crippen LogP contribution is -1.98. The molecule has 94 heavy (non-hydrogen) atoms. The van der Waals surface area contributed by atoms with Gasteiger partial charge < -0.3 is 18.3 Å². The molecule has 6 nitrogen and oxygen atoms in total. The van der Waals surface area contributed by atoms with Crippen LogP contribution in [0.15, 0.2) is 328 Å². The fourth-order valence-electron chi connectivity index (χ4n) is 15.4. The maximum atomic E-state index is 5.61. The van der Waals surface area contributed by atoms with Crippen LogP contribution in [-0.2, 0) is 0 Å². The van der Waals surface area contributed by atoms with Crippen LogP contribution in [0.5, 0.6) is 0 Å². The number of hydrogen-bond donors (Lipinski definition) is 0. The average Bonchev–Trinajstić information content (AvgIpc) is 1.54. The van der Waals surface area contributed by atoms with Crippen molar-refractivity contribution in [2.24, 2.45) is 0 Å². The summed E-state index contributed by atoms with van der Waals surface area (Å²) < 4.78 is 9.59. The smallest absolute Gasteiger partial charge is 0.160 e. The normalized spacial score (nSPS) is 12.0. The fraction of sp³-hybridized carbons (Fsp3) is 0. The van der Waals surface area contributed by atoms with Gasteiger partial charge in [-0.1, -0.05) is 194 Å². The molecule has 0 aliphatic heterocycles. The molecule has 6 heteroatoms. The number of benzene rings is 15. The van der Waals surface area contributed by atoms with Crippen molar-refractivity contribution in [1.82, 2.24) is 28.2 Å². The Hall–Kier alpha value is -12.6. The molecule has 0 bridgehead atoms. The van der Waals surface area contributed by atoms with Crippen molar-refractivity contribution >= 4 is 120 Å².